The summed E-state index contributed by atoms with van der Waals surface area (Å²) in [7, 11) is 0. The zero-order valence-electron chi connectivity index (χ0n) is 16.7. The van der Waals surface area contributed by atoms with Crippen LogP contribution in [0.25, 0.3) is 0 Å². The molecule has 3 aliphatic heterocycles. The average Bonchev–Trinajstić information content (AvgIpc) is 3.37. The Kier molecular flexibility index (Phi) is 6.71. The fraction of sp³-hybridized carbons (Fsp3) is 0.714. The molecule has 0 bridgehead atoms. The van der Waals surface area contributed by atoms with E-state index in [1.165, 1.54) is 6.42 Å². The minimum atomic E-state index is -0.0470. The van der Waals surface area contributed by atoms with Gasteiger partial charge in [0.25, 0.3) is 5.91 Å². The quantitative estimate of drug-likeness (QED) is 0.833. The Hall–Kier alpha value is -1.53. The molecular weight excluding hydrogens is 378 g/mol. The minimum absolute atomic E-state index is 0. The first-order valence-electron chi connectivity index (χ1n) is 10.5. The number of aryl methyl sites for hydroxylation is 1. The third-order valence-corrected chi connectivity index (χ3v) is 6.82. The molecule has 1 aromatic rings. The van der Waals surface area contributed by atoms with Gasteiger partial charge in [-0.3, -0.25) is 9.59 Å². The summed E-state index contributed by atoms with van der Waals surface area (Å²) in [5, 5.41) is 3.48. The van der Waals surface area contributed by atoms with E-state index in [2.05, 4.69) is 10.2 Å². The Morgan fingerprint density at radius 1 is 1.11 bits per heavy atom. The van der Waals surface area contributed by atoms with Gasteiger partial charge >= 0.3 is 0 Å². The number of nitrogens with one attached hydrogen (secondary N) is 1. The normalized spacial score (nSPS) is 22.3. The molecule has 0 radical (unpaired) electrons. The van der Waals surface area contributed by atoms with Crippen LogP contribution in [0.4, 0.5) is 0 Å². The van der Waals surface area contributed by atoms with Crippen LogP contribution in [0.15, 0.2) is 16.5 Å². The number of nitrogens with zero attached hydrogens (tertiary/aromatic N) is 2. The summed E-state index contributed by atoms with van der Waals surface area (Å²) < 4.78 is 5.59. The highest BCUT2D eigenvalue weighted by Crippen LogP contribution is 2.37. The molecule has 4 rings (SSSR count). The van der Waals surface area contributed by atoms with Crippen molar-refractivity contribution in [3.63, 3.8) is 0 Å². The van der Waals surface area contributed by atoms with Crippen molar-refractivity contribution in [1.82, 2.24) is 15.1 Å². The average molecular weight is 410 g/mol. The van der Waals surface area contributed by atoms with Crippen molar-refractivity contribution >= 4 is 24.2 Å². The third kappa shape index (κ3) is 4.23. The van der Waals surface area contributed by atoms with Crippen molar-refractivity contribution in [2.45, 2.75) is 45.4 Å². The lowest BCUT2D eigenvalue weighted by Gasteiger charge is -2.41. The molecule has 3 saturated heterocycles. The molecule has 3 aliphatic rings. The van der Waals surface area contributed by atoms with E-state index < -0.39 is 0 Å². The summed E-state index contributed by atoms with van der Waals surface area (Å²) in [4.78, 5) is 29.4. The maximum atomic E-state index is 12.9. The lowest BCUT2D eigenvalue weighted by Crippen LogP contribution is -2.48. The monoisotopic (exact) mass is 409 g/mol. The highest BCUT2D eigenvalue weighted by molar-refractivity contribution is 5.91. The molecule has 156 valence electrons. The molecule has 7 heteroatoms. The molecule has 1 aromatic heterocycles. The molecule has 28 heavy (non-hydrogen) atoms. The molecule has 6 nitrogen and oxygen atoms in total. The summed E-state index contributed by atoms with van der Waals surface area (Å²) in [6, 6.07) is 3.63. The molecule has 0 unspecified atom stereocenters. The SMILES string of the molecule is CCc1ccc(C(=O)N2CCC(C(=O)N3CCC4(CCNC4)CC3)CC2)o1.Cl. The number of hydrogen-bond acceptors (Lipinski definition) is 4. The standard InChI is InChI=1S/C21H31N3O3.ClH/c1-2-17-3-4-18(27-17)20(26)23-11-5-16(6-12-23)19(25)24-13-8-21(9-14-24)7-10-22-15-21;/h3-4,16,22H,2,5-15H2,1H3;1H. The molecule has 3 fully saturated rings. The van der Waals surface area contributed by atoms with Crippen LogP contribution in [0.3, 0.4) is 0 Å². The van der Waals surface area contributed by atoms with Crippen molar-refractivity contribution in [1.29, 1.82) is 0 Å². The van der Waals surface area contributed by atoms with Crippen LogP contribution in [0.5, 0.6) is 0 Å². The number of carbonyl (C=O) groups excluding carboxylic acids is 2. The second-order valence-corrected chi connectivity index (χ2v) is 8.44. The number of halogens is 1. The Balaban J connectivity index is 0.00000225. The predicted molar refractivity (Wildman–Crippen MR) is 110 cm³/mol. The zero-order valence-corrected chi connectivity index (χ0v) is 17.6. The molecule has 0 atom stereocenters. The number of rotatable bonds is 3. The van der Waals surface area contributed by atoms with Crippen LogP contribution in [-0.4, -0.2) is 60.9 Å². The van der Waals surface area contributed by atoms with Gasteiger partial charge in [-0.05, 0) is 56.2 Å². The number of amides is 2. The van der Waals surface area contributed by atoms with Crippen molar-refractivity contribution in [3.05, 3.63) is 23.7 Å². The van der Waals surface area contributed by atoms with Crippen molar-refractivity contribution < 1.29 is 14.0 Å². The largest absolute Gasteiger partial charge is 0.456 e. The summed E-state index contributed by atoms with van der Waals surface area (Å²) in [6.45, 7) is 7.31. The number of hydrogen-bond donors (Lipinski definition) is 1. The van der Waals surface area contributed by atoms with Gasteiger partial charge in [-0.1, -0.05) is 6.92 Å². The van der Waals surface area contributed by atoms with E-state index in [4.69, 9.17) is 4.42 Å². The molecule has 0 aromatic carbocycles. The first-order valence-corrected chi connectivity index (χ1v) is 10.5. The number of piperidine rings is 2. The second kappa shape index (κ2) is 8.87. The molecule has 4 heterocycles. The van der Waals surface area contributed by atoms with Gasteiger partial charge in [-0.15, -0.1) is 12.4 Å². The van der Waals surface area contributed by atoms with Crippen LogP contribution < -0.4 is 5.32 Å². The van der Waals surface area contributed by atoms with Crippen molar-refractivity contribution in [3.8, 4) is 0 Å². The predicted octanol–water partition coefficient (Wildman–Crippen LogP) is 2.72. The topological polar surface area (TPSA) is 65.8 Å². The highest BCUT2D eigenvalue weighted by Gasteiger charge is 2.39. The van der Waals surface area contributed by atoms with Gasteiger partial charge in [0.05, 0.1) is 0 Å². The zero-order chi connectivity index (χ0) is 18.9. The number of furan rings is 1. The first kappa shape index (κ1) is 21.2. The lowest BCUT2D eigenvalue weighted by atomic mass is 9.77. The Labute approximate surface area is 173 Å². The van der Waals surface area contributed by atoms with Gasteiger partial charge in [-0.25, -0.2) is 0 Å². The molecule has 2 amide bonds. The maximum Gasteiger partial charge on any atom is 0.289 e. The number of carbonyl (C=O) groups is 2. The van der Waals surface area contributed by atoms with Crippen LogP contribution in [0.2, 0.25) is 0 Å². The third-order valence-electron chi connectivity index (χ3n) is 6.82. The van der Waals surface area contributed by atoms with E-state index in [9.17, 15) is 9.59 Å². The Morgan fingerprint density at radius 3 is 2.39 bits per heavy atom. The fourth-order valence-corrected chi connectivity index (χ4v) is 4.85. The molecule has 1 N–H and O–H groups in total. The highest BCUT2D eigenvalue weighted by atomic mass is 35.5. The summed E-state index contributed by atoms with van der Waals surface area (Å²) in [5.41, 5.74) is 0.437. The van der Waals surface area contributed by atoms with Gasteiger partial charge in [0, 0.05) is 45.1 Å². The molecule has 0 aliphatic carbocycles. The molecule has 1 spiro atoms. The van der Waals surface area contributed by atoms with E-state index in [0.29, 0.717) is 30.2 Å². The van der Waals surface area contributed by atoms with E-state index in [0.717, 1.165) is 64.0 Å². The van der Waals surface area contributed by atoms with Crippen molar-refractivity contribution in [2.75, 3.05) is 39.3 Å². The van der Waals surface area contributed by atoms with Gasteiger partial charge in [0.2, 0.25) is 5.91 Å². The van der Waals surface area contributed by atoms with E-state index in [1.54, 1.807) is 6.07 Å². The van der Waals surface area contributed by atoms with E-state index in [-0.39, 0.29) is 24.2 Å². The van der Waals surface area contributed by atoms with Crippen LogP contribution >= 0.6 is 12.4 Å². The Morgan fingerprint density at radius 2 is 1.82 bits per heavy atom. The summed E-state index contributed by atoms with van der Waals surface area (Å²) >= 11 is 0. The molecular formula is C21H32ClN3O3. The van der Waals surface area contributed by atoms with Crippen LogP contribution in [-0.2, 0) is 11.2 Å². The van der Waals surface area contributed by atoms with Gasteiger partial charge in [0.15, 0.2) is 5.76 Å². The molecule has 0 saturated carbocycles. The van der Waals surface area contributed by atoms with Gasteiger partial charge < -0.3 is 19.5 Å². The Bertz CT molecular complexity index is 681. The smallest absolute Gasteiger partial charge is 0.289 e. The second-order valence-electron chi connectivity index (χ2n) is 8.44. The maximum absolute atomic E-state index is 12.9. The van der Waals surface area contributed by atoms with E-state index >= 15 is 0 Å². The minimum Gasteiger partial charge on any atom is -0.456 e. The van der Waals surface area contributed by atoms with Crippen LogP contribution in [0, 0.1) is 11.3 Å². The van der Waals surface area contributed by atoms with Gasteiger partial charge in [0.1, 0.15) is 5.76 Å². The lowest BCUT2D eigenvalue weighted by molar-refractivity contribution is -0.139. The van der Waals surface area contributed by atoms with E-state index in [1.807, 2.05) is 17.9 Å². The van der Waals surface area contributed by atoms with Gasteiger partial charge in [-0.2, -0.15) is 0 Å². The fourth-order valence-electron chi connectivity index (χ4n) is 4.85. The van der Waals surface area contributed by atoms with Crippen LogP contribution in [0.1, 0.15) is 55.3 Å². The summed E-state index contributed by atoms with van der Waals surface area (Å²) in [6.07, 6.45) is 5.81. The van der Waals surface area contributed by atoms with Crippen molar-refractivity contribution in [2.24, 2.45) is 11.3 Å². The summed E-state index contributed by atoms with van der Waals surface area (Å²) in [5.74, 6) is 1.57. The first-order chi connectivity index (χ1) is 13.1. The number of likely N-dealkylation sites (tertiary alicyclic amines) is 2.